The predicted octanol–water partition coefficient (Wildman–Crippen LogP) is 0.990. The monoisotopic (exact) mass is 266 g/mol. The van der Waals surface area contributed by atoms with Crippen LogP contribution in [0.3, 0.4) is 0 Å². The van der Waals surface area contributed by atoms with Crippen molar-refractivity contribution in [2.45, 2.75) is 44.7 Å². The van der Waals surface area contributed by atoms with Crippen molar-refractivity contribution in [3.63, 3.8) is 0 Å². The van der Waals surface area contributed by atoms with Gasteiger partial charge in [-0.1, -0.05) is 13.3 Å². The number of ether oxygens (including phenoxy) is 1. The van der Waals surface area contributed by atoms with Crippen LogP contribution >= 0.6 is 0 Å². The summed E-state index contributed by atoms with van der Waals surface area (Å²) >= 11 is 0. The minimum absolute atomic E-state index is 0.129. The first-order valence-corrected chi connectivity index (χ1v) is 6.88. The number of nitrogens with one attached hydrogen (secondary N) is 1. The van der Waals surface area contributed by atoms with Gasteiger partial charge in [-0.2, -0.15) is 5.10 Å². The van der Waals surface area contributed by atoms with Crippen LogP contribution in [0.4, 0.5) is 0 Å². The van der Waals surface area contributed by atoms with E-state index < -0.39 is 5.54 Å². The number of likely N-dealkylation sites (N-methyl/N-ethyl adjacent to an activating group) is 1. The van der Waals surface area contributed by atoms with Crippen LogP contribution in [0, 0.1) is 5.92 Å². The van der Waals surface area contributed by atoms with Crippen LogP contribution in [-0.4, -0.2) is 39.9 Å². The Balaban J connectivity index is 2.06. The largest absolute Gasteiger partial charge is 0.468 e. The summed E-state index contributed by atoms with van der Waals surface area (Å²) in [6, 6.07) is 0. The third-order valence-corrected chi connectivity index (χ3v) is 4.04. The second kappa shape index (κ2) is 6.14. The molecule has 1 heterocycles. The molecular formula is C13H22N4O2. The molecule has 2 atom stereocenters. The summed E-state index contributed by atoms with van der Waals surface area (Å²) in [6.45, 7) is 3.58. The first-order valence-electron chi connectivity index (χ1n) is 6.88. The van der Waals surface area contributed by atoms with E-state index in [1.165, 1.54) is 13.4 Å². The van der Waals surface area contributed by atoms with Gasteiger partial charge in [-0.3, -0.25) is 9.48 Å². The van der Waals surface area contributed by atoms with Gasteiger partial charge in [-0.15, -0.1) is 0 Å². The zero-order valence-electron chi connectivity index (χ0n) is 11.6. The van der Waals surface area contributed by atoms with Crippen LogP contribution in [0.1, 0.15) is 32.6 Å². The van der Waals surface area contributed by atoms with Gasteiger partial charge >= 0.3 is 5.97 Å². The molecule has 1 saturated carbocycles. The lowest BCUT2D eigenvalue weighted by Gasteiger charge is -2.33. The number of aromatic nitrogens is 3. The molecule has 0 aliphatic heterocycles. The number of carbonyl (C=O) groups is 1. The van der Waals surface area contributed by atoms with Gasteiger partial charge in [-0.25, -0.2) is 4.98 Å². The van der Waals surface area contributed by atoms with Crippen LogP contribution in [0.5, 0.6) is 0 Å². The molecule has 0 bridgehead atoms. The van der Waals surface area contributed by atoms with Gasteiger partial charge < -0.3 is 10.1 Å². The molecule has 19 heavy (non-hydrogen) atoms. The standard InChI is InChI=1S/C13H22N4O2/c1-3-15-13(12(18)19-2)7-4-5-11(13)6-8-17-10-14-9-16-17/h9-11,15H,3-8H2,1-2H3. The minimum atomic E-state index is -0.510. The van der Waals surface area contributed by atoms with E-state index in [-0.39, 0.29) is 5.97 Å². The zero-order chi connectivity index (χ0) is 13.7. The van der Waals surface area contributed by atoms with Crippen molar-refractivity contribution in [1.82, 2.24) is 20.1 Å². The Bertz CT molecular complexity index is 407. The number of nitrogens with zero attached hydrogens (tertiary/aromatic N) is 3. The van der Waals surface area contributed by atoms with E-state index in [1.807, 2.05) is 11.6 Å². The number of hydrogen-bond donors (Lipinski definition) is 1. The third kappa shape index (κ3) is 2.78. The van der Waals surface area contributed by atoms with Crippen LogP contribution < -0.4 is 5.32 Å². The molecule has 1 aliphatic carbocycles. The lowest BCUT2D eigenvalue weighted by Crippen LogP contribution is -2.55. The smallest absolute Gasteiger partial charge is 0.326 e. The molecule has 6 heteroatoms. The fourth-order valence-electron chi connectivity index (χ4n) is 3.18. The summed E-state index contributed by atoms with van der Waals surface area (Å²) < 4.78 is 6.83. The number of esters is 1. The molecule has 106 valence electrons. The van der Waals surface area contributed by atoms with E-state index in [1.54, 1.807) is 6.33 Å². The normalized spacial score (nSPS) is 26.5. The average molecular weight is 266 g/mol. The Hall–Kier alpha value is -1.43. The van der Waals surface area contributed by atoms with Crippen molar-refractivity contribution < 1.29 is 9.53 Å². The molecule has 0 radical (unpaired) electrons. The fourth-order valence-corrected chi connectivity index (χ4v) is 3.18. The molecule has 1 aromatic rings. The van der Waals surface area contributed by atoms with Gasteiger partial charge in [0.05, 0.1) is 7.11 Å². The SMILES string of the molecule is CCNC1(C(=O)OC)CCCC1CCn1cncn1. The summed E-state index contributed by atoms with van der Waals surface area (Å²) in [5.41, 5.74) is -0.510. The second-order valence-electron chi connectivity index (χ2n) is 5.03. The Labute approximate surface area is 113 Å². The predicted molar refractivity (Wildman–Crippen MR) is 70.4 cm³/mol. The van der Waals surface area contributed by atoms with Crippen molar-refractivity contribution in [3.05, 3.63) is 12.7 Å². The highest BCUT2D eigenvalue weighted by Gasteiger charge is 2.48. The molecule has 0 saturated heterocycles. The van der Waals surface area contributed by atoms with E-state index in [0.29, 0.717) is 5.92 Å². The molecule has 1 N–H and O–H groups in total. The van der Waals surface area contributed by atoms with Crippen LogP contribution in [0.2, 0.25) is 0 Å². The topological polar surface area (TPSA) is 69.0 Å². The minimum Gasteiger partial charge on any atom is -0.468 e. The molecule has 1 aliphatic rings. The average Bonchev–Trinajstić information content (AvgIpc) is 3.05. The van der Waals surface area contributed by atoms with Crippen molar-refractivity contribution >= 4 is 5.97 Å². The third-order valence-electron chi connectivity index (χ3n) is 4.04. The summed E-state index contributed by atoms with van der Waals surface area (Å²) in [4.78, 5) is 16.1. The van der Waals surface area contributed by atoms with E-state index in [9.17, 15) is 4.79 Å². The van der Waals surface area contributed by atoms with Crippen LogP contribution in [0.15, 0.2) is 12.7 Å². The number of carbonyl (C=O) groups excluding carboxylic acids is 1. The van der Waals surface area contributed by atoms with Gasteiger partial charge in [0, 0.05) is 6.54 Å². The Morgan fingerprint density at radius 2 is 2.47 bits per heavy atom. The number of rotatable bonds is 6. The van der Waals surface area contributed by atoms with Crippen molar-refractivity contribution in [2.24, 2.45) is 5.92 Å². The van der Waals surface area contributed by atoms with Crippen molar-refractivity contribution in [2.75, 3.05) is 13.7 Å². The molecule has 0 amide bonds. The first-order chi connectivity index (χ1) is 9.23. The van der Waals surface area contributed by atoms with E-state index in [4.69, 9.17) is 4.74 Å². The lowest BCUT2D eigenvalue weighted by atomic mass is 9.84. The highest BCUT2D eigenvalue weighted by atomic mass is 16.5. The van der Waals surface area contributed by atoms with Crippen LogP contribution in [0.25, 0.3) is 0 Å². The van der Waals surface area contributed by atoms with E-state index in [2.05, 4.69) is 15.4 Å². The van der Waals surface area contributed by atoms with Gasteiger partial charge in [0.2, 0.25) is 0 Å². The summed E-state index contributed by atoms with van der Waals surface area (Å²) in [5, 5.41) is 7.47. The maximum atomic E-state index is 12.2. The molecule has 1 aromatic heterocycles. The van der Waals surface area contributed by atoms with E-state index in [0.717, 1.165) is 38.8 Å². The zero-order valence-corrected chi connectivity index (χ0v) is 11.6. The molecule has 0 spiro atoms. The first kappa shape index (κ1) is 14.0. The molecule has 2 rings (SSSR count). The maximum absolute atomic E-state index is 12.2. The molecular weight excluding hydrogens is 244 g/mol. The number of aryl methyl sites for hydroxylation is 1. The molecule has 1 fully saturated rings. The fraction of sp³-hybridized carbons (Fsp3) is 0.769. The van der Waals surface area contributed by atoms with Gasteiger partial charge in [0.1, 0.15) is 18.2 Å². The quantitative estimate of drug-likeness (QED) is 0.778. The number of hydrogen-bond acceptors (Lipinski definition) is 5. The lowest BCUT2D eigenvalue weighted by molar-refractivity contribution is -0.150. The maximum Gasteiger partial charge on any atom is 0.326 e. The Morgan fingerprint density at radius 3 is 3.11 bits per heavy atom. The highest BCUT2D eigenvalue weighted by Crippen LogP contribution is 2.39. The van der Waals surface area contributed by atoms with Gasteiger partial charge in [-0.05, 0) is 31.7 Å². The summed E-state index contributed by atoms with van der Waals surface area (Å²) in [7, 11) is 1.47. The molecule has 0 aromatic carbocycles. The Kier molecular flexibility index (Phi) is 4.52. The van der Waals surface area contributed by atoms with Crippen molar-refractivity contribution in [1.29, 1.82) is 0 Å². The number of methoxy groups -OCH3 is 1. The summed E-state index contributed by atoms with van der Waals surface area (Å²) in [6.07, 6.45) is 7.12. The highest BCUT2D eigenvalue weighted by molar-refractivity contribution is 5.81. The van der Waals surface area contributed by atoms with E-state index >= 15 is 0 Å². The van der Waals surface area contributed by atoms with Crippen molar-refractivity contribution in [3.8, 4) is 0 Å². The molecule has 6 nitrogen and oxygen atoms in total. The van der Waals surface area contributed by atoms with Gasteiger partial charge in [0.25, 0.3) is 0 Å². The van der Waals surface area contributed by atoms with Gasteiger partial charge in [0.15, 0.2) is 0 Å². The van der Waals surface area contributed by atoms with Crippen LogP contribution in [-0.2, 0) is 16.1 Å². The summed E-state index contributed by atoms with van der Waals surface area (Å²) in [5.74, 6) is 0.166. The Morgan fingerprint density at radius 1 is 1.63 bits per heavy atom. The second-order valence-corrected chi connectivity index (χ2v) is 5.03. The molecule has 2 unspecified atom stereocenters.